The van der Waals surface area contributed by atoms with Gasteiger partial charge >= 0.3 is 0 Å². The summed E-state index contributed by atoms with van der Waals surface area (Å²) in [6.45, 7) is 6.38. The molecule has 0 heterocycles. The van der Waals surface area contributed by atoms with Gasteiger partial charge in [0.25, 0.3) is 0 Å². The summed E-state index contributed by atoms with van der Waals surface area (Å²) in [6, 6.07) is 4.03. The second-order valence-electron chi connectivity index (χ2n) is 4.99. The van der Waals surface area contributed by atoms with E-state index in [2.05, 4.69) is 10.6 Å². The van der Waals surface area contributed by atoms with E-state index in [0.717, 1.165) is 22.4 Å². The zero-order valence-electron chi connectivity index (χ0n) is 12.8. The predicted molar refractivity (Wildman–Crippen MR) is 87.8 cm³/mol. The van der Waals surface area contributed by atoms with E-state index in [1.165, 1.54) is 0 Å². The van der Waals surface area contributed by atoms with E-state index in [1.54, 1.807) is 0 Å². The number of nitrogens with two attached hydrogens (primary N) is 1. The molecular formula is C15H24ClN3O2. The fraction of sp³-hybridized carbons (Fsp3) is 0.467. The van der Waals surface area contributed by atoms with Crippen molar-refractivity contribution >= 4 is 29.9 Å². The number of nitrogens with one attached hydrogen (secondary N) is 2. The number of carbonyl (C=O) groups is 2. The highest BCUT2D eigenvalue weighted by Gasteiger charge is 2.09. The lowest BCUT2D eigenvalue weighted by atomic mass is 10.1. The van der Waals surface area contributed by atoms with Crippen LogP contribution in [-0.4, -0.2) is 24.9 Å². The maximum absolute atomic E-state index is 11.8. The van der Waals surface area contributed by atoms with Gasteiger partial charge in [-0.1, -0.05) is 17.7 Å². The van der Waals surface area contributed by atoms with Crippen LogP contribution in [0.5, 0.6) is 0 Å². The van der Waals surface area contributed by atoms with E-state index in [9.17, 15) is 9.59 Å². The first-order valence-corrected chi connectivity index (χ1v) is 6.78. The average Bonchev–Trinajstić information content (AvgIpc) is 2.38. The number of hydrogen-bond donors (Lipinski definition) is 3. The van der Waals surface area contributed by atoms with Crippen LogP contribution in [0.4, 0.5) is 5.69 Å². The van der Waals surface area contributed by atoms with Crippen LogP contribution in [0.3, 0.4) is 0 Å². The number of halogens is 1. The molecule has 0 aromatic heterocycles. The molecule has 2 amide bonds. The highest BCUT2D eigenvalue weighted by atomic mass is 35.5. The molecular weight excluding hydrogens is 290 g/mol. The minimum Gasteiger partial charge on any atom is -0.347 e. The van der Waals surface area contributed by atoms with Gasteiger partial charge in [0.15, 0.2) is 0 Å². The zero-order valence-corrected chi connectivity index (χ0v) is 13.6. The topological polar surface area (TPSA) is 84.2 Å². The van der Waals surface area contributed by atoms with Crippen LogP contribution in [0.25, 0.3) is 0 Å². The fourth-order valence-corrected chi connectivity index (χ4v) is 2.09. The van der Waals surface area contributed by atoms with E-state index in [1.807, 2.05) is 32.9 Å². The Bertz CT molecular complexity index is 481. The maximum Gasteiger partial charge on any atom is 0.243 e. The lowest BCUT2D eigenvalue weighted by molar-refractivity contribution is -0.124. The number of aryl methyl sites for hydroxylation is 3. The quantitative estimate of drug-likeness (QED) is 0.749. The summed E-state index contributed by atoms with van der Waals surface area (Å²) in [5, 5.41) is 5.42. The van der Waals surface area contributed by atoms with Crippen LogP contribution in [0.2, 0.25) is 0 Å². The first-order chi connectivity index (χ1) is 9.43. The Balaban J connectivity index is 0.00000400. The van der Waals surface area contributed by atoms with Crippen molar-refractivity contribution in [2.24, 2.45) is 5.73 Å². The molecule has 21 heavy (non-hydrogen) atoms. The Hall–Kier alpha value is -1.59. The van der Waals surface area contributed by atoms with Crippen LogP contribution >= 0.6 is 12.4 Å². The van der Waals surface area contributed by atoms with Gasteiger partial charge in [-0.15, -0.1) is 12.4 Å². The Morgan fingerprint density at radius 3 is 2.19 bits per heavy atom. The lowest BCUT2D eigenvalue weighted by Gasteiger charge is -2.13. The Labute approximate surface area is 132 Å². The molecule has 0 aliphatic rings. The number of amides is 2. The highest BCUT2D eigenvalue weighted by Crippen LogP contribution is 2.21. The summed E-state index contributed by atoms with van der Waals surface area (Å²) < 4.78 is 0. The molecule has 0 spiro atoms. The third-order valence-electron chi connectivity index (χ3n) is 3.00. The molecule has 0 saturated carbocycles. The molecule has 0 bridgehead atoms. The summed E-state index contributed by atoms with van der Waals surface area (Å²) in [4.78, 5) is 23.2. The van der Waals surface area contributed by atoms with E-state index >= 15 is 0 Å². The summed E-state index contributed by atoms with van der Waals surface area (Å²) in [7, 11) is 0. The van der Waals surface area contributed by atoms with Crippen LogP contribution in [0.15, 0.2) is 12.1 Å². The summed E-state index contributed by atoms with van der Waals surface area (Å²) >= 11 is 0. The molecule has 5 nitrogen and oxygen atoms in total. The number of anilines is 1. The largest absolute Gasteiger partial charge is 0.347 e. The third-order valence-corrected chi connectivity index (χ3v) is 3.00. The van der Waals surface area contributed by atoms with Gasteiger partial charge in [-0.2, -0.15) is 0 Å². The van der Waals surface area contributed by atoms with Crippen molar-refractivity contribution in [1.82, 2.24) is 5.32 Å². The Morgan fingerprint density at radius 2 is 1.67 bits per heavy atom. The molecule has 0 unspecified atom stereocenters. The molecule has 4 N–H and O–H groups in total. The van der Waals surface area contributed by atoms with Gasteiger partial charge in [-0.3, -0.25) is 9.59 Å². The van der Waals surface area contributed by atoms with Crippen molar-refractivity contribution in [1.29, 1.82) is 0 Å². The molecule has 6 heteroatoms. The van der Waals surface area contributed by atoms with Crippen molar-refractivity contribution in [3.05, 3.63) is 28.8 Å². The Kier molecular flexibility index (Phi) is 8.66. The molecule has 0 saturated heterocycles. The van der Waals surface area contributed by atoms with Crippen molar-refractivity contribution in [2.75, 3.05) is 18.4 Å². The predicted octanol–water partition coefficient (Wildman–Crippen LogP) is 1.83. The SMILES string of the molecule is Cc1cc(C)c(NC(=O)CNC(=O)CCCN)c(C)c1.Cl. The van der Waals surface area contributed by atoms with Gasteiger partial charge < -0.3 is 16.4 Å². The average molecular weight is 314 g/mol. The maximum atomic E-state index is 11.8. The van der Waals surface area contributed by atoms with Crippen LogP contribution in [-0.2, 0) is 9.59 Å². The van der Waals surface area contributed by atoms with Gasteiger partial charge in [0.2, 0.25) is 11.8 Å². The molecule has 118 valence electrons. The summed E-state index contributed by atoms with van der Waals surface area (Å²) in [6.07, 6.45) is 0.982. The molecule has 0 aliphatic carbocycles. The number of benzene rings is 1. The number of rotatable bonds is 6. The summed E-state index contributed by atoms with van der Waals surface area (Å²) in [5.41, 5.74) is 9.34. The summed E-state index contributed by atoms with van der Waals surface area (Å²) in [5.74, 6) is -0.371. The first kappa shape index (κ1) is 19.4. The van der Waals surface area contributed by atoms with Crippen LogP contribution in [0, 0.1) is 20.8 Å². The van der Waals surface area contributed by atoms with E-state index in [-0.39, 0.29) is 30.8 Å². The number of carbonyl (C=O) groups excluding carboxylic acids is 2. The van der Waals surface area contributed by atoms with E-state index < -0.39 is 0 Å². The van der Waals surface area contributed by atoms with Gasteiger partial charge in [0, 0.05) is 12.1 Å². The van der Waals surface area contributed by atoms with E-state index in [4.69, 9.17) is 5.73 Å². The molecule has 0 fully saturated rings. The van der Waals surface area contributed by atoms with Gasteiger partial charge in [0.05, 0.1) is 6.54 Å². The smallest absolute Gasteiger partial charge is 0.243 e. The first-order valence-electron chi connectivity index (χ1n) is 6.78. The second-order valence-corrected chi connectivity index (χ2v) is 4.99. The van der Waals surface area contributed by atoms with E-state index in [0.29, 0.717) is 19.4 Å². The molecule has 1 rings (SSSR count). The normalized spacial score (nSPS) is 9.71. The van der Waals surface area contributed by atoms with Crippen LogP contribution < -0.4 is 16.4 Å². The minimum absolute atomic E-state index is 0. The zero-order chi connectivity index (χ0) is 15.1. The van der Waals surface area contributed by atoms with Crippen molar-refractivity contribution in [3.63, 3.8) is 0 Å². The Morgan fingerprint density at radius 1 is 1.10 bits per heavy atom. The fourth-order valence-electron chi connectivity index (χ4n) is 2.09. The molecule has 0 aliphatic heterocycles. The van der Waals surface area contributed by atoms with Crippen molar-refractivity contribution < 1.29 is 9.59 Å². The van der Waals surface area contributed by atoms with Gasteiger partial charge in [-0.05, 0) is 44.9 Å². The number of hydrogen-bond acceptors (Lipinski definition) is 3. The molecule has 0 atom stereocenters. The lowest BCUT2D eigenvalue weighted by Crippen LogP contribution is -2.33. The molecule has 1 aromatic rings. The van der Waals surface area contributed by atoms with Gasteiger partial charge in [0.1, 0.15) is 0 Å². The monoisotopic (exact) mass is 313 g/mol. The standard InChI is InChI=1S/C15H23N3O2.ClH/c1-10-7-11(2)15(12(3)8-10)18-14(20)9-17-13(19)5-4-6-16;/h7-8H,4-6,9,16H2,1-3H3,(H,17,19)(H,18,20);1H. The highest BCUT2D eigenvalue weighted by molar-refractivity contribution is 5.95. The second kappa shape index (κ2) is 9.37. The van der Waals surface area contributed by atoms with Gasteiger partial charge in [-0.25, -0.2) is 0 Å². The van der Waals surface area contributed by atoms with Crippen LogP contribution in [0.1, 0.15) is 29.5 Å². The minimum atomic E-state index is -0.221. The molecule has 1 aromatic carbocycles. The third kappa shape index (κ3) is 6.60. The van der Waals surface area contributed by atoms with Crippen molar-refractivity contribution in [3.8, 4) is 0 Å². The van der Waals surface area contributed by atoms with Crippen molar-refractivity contribution in [2.45, 2.75) is 33.6 Å². The molecule has 0 radical (unpaired) electrons.